The Morgan fingerprint density at radius 2 is 1.47 bits per heavy atom. The van der Waals surface area contributed by atoms with E-state index < -0.39 is 6.10 Å². The first-order valence-corrected chi connectivity index (χ1v) is 9.59. The monoisotopic (exact) mass is 404 g/mol. The Bertz CT molecular complexity index is 988. The third kappa shape index (κ3) is 6.10. The van der Waals surface area contributed by atoms with Gasteiger partial charge in [-0.15, -0.1) is 0 Å². The van der Waals surface area contributed by atoms with Crippen molar-refractivity contribution in [3.63, 3.8) is 0 Å². The molecular formula is C24H24N2O4. The molecular weight excluding hydrogens is 380 g/mol. The average Bonchev–Trinajstić information content (AvgIpc) is 2.75. The van der Waals surface area contributed by atoms with Crippen LogP contribution in [0.1, 0.15) is 12.5 Å². The molecule has 0 bridgehead atoms. The van der Waals surface area contributed by atoms with Crippen LogP contribution in [0.5, 0.6) is 11.5 Å². The number of rotatable bonds is 8. The van der Waals surface area contributed by atoms with E-state index in [2.05, 4.69) is 10.6 Å². The van der Waals surface area contributed by atoms with E-state index in [-0.39, 0.29) is 18.2 Å². The van der Waals surface area contributed by atoms with Gasteiger partial charge in [-0.3, -0.25) is 9.59 Å². The maximum Gasteiger partial charge on any atom is 0.265 e. The number of methoxy groups -OCH3 is 1. The summed E-state index contributed by atoms with van der Waals surface area (Å²) in [6.07, 6.45) is -0.417. The Balaban J connectivity index is 1.55. The molecule has 0 spiro atoms. The van der Waals surface area contributed by atoms with Crippen LogP contribution >= 0.6 is 0 Å². The van der Waals surface area contributed by atoms with Gasteiger partial charge in [0.15, 0.2) is 6.10 Å². The Hall–Kier alpha value is -3.80. The second-order valence-corrected chi connectivity index (χ2v) is 6.72. The van der Waals surface area contributed by atoms with Crippen LogP contribution in [0.15, 0.2) is 78.9 Å². The van der Waals surface area contributed by atoms with Crippen molar-refractivity contribution in [2.75, 3.05) is 17.7 Å². The minimum absolute atomic E-state index is 0.124. The largest absolute Gasteiger partial charge is 0.497 e. The van der Waals surface area contributed by atoms with Crippen molar-refractivity contribution >= 4 is 23.2 Å². The number of amides is 2. The van der Waals surface area contributed by atoms with Crippen molar-refractivity contribution in [1.29, 1.82) is 0 Å². The highest BCUT2D eigenvalue weighted by atomic mass is 16.5. The molecule has 2 N–H and O–H groups in total. The molecule has 2 amide bonds. The molecule has 154 valence electrons. The molecule has 0 aromatic heterocycles. The van der Waals surface area contributed by atoms with Crippen molar-refractivity contribution in [3.05, 3.63) is 84.4 Å². The van der Waals surface area contributed by atoms with Crippen molar-refractivity contribution in [1.82, 2.24) is 0 Å². The van der Waals surface area contributed by atoms with E-state index in [4.69, 9.17) is 9.47 Å². The Morgan fingerprint density at radius 1 is 0.833 bits per heavy atom. The molecule has 1 unspecified atom stereocenters. The molecule has 0 aliphatic carbocycles. The standard InChI is InChI=1S/C24H24N2O4/c1-17(30-22-13-11-21(29-2)12-14-22)24(28)26-20-10-6-9-19(16-20)25-23(27)15-18-7-4-3-5-8-18/h3-14,16-17H,15H2,1-2H3,(H,25,27)(H,26,28). The smallest absolute Gasteiger partial charge is 0.265 e. The van der Waals surface area contributed by atoms with Crippen LogP contribution in [0.3, 0.4) is 0 Å². The van der Waals surface area contributed by atoms with Crippen molar-refractivity contribution in [2.45, 2.75) is 19.4 Å². The highest BCUT2D eigenvalue weighted by molar-refractivity contribution is 5.96. The van der Waals surface area contributed by atoms with Gasteiger partial charge in [-0.2, -0.15) is 0 Å². The van der Waals surface area contributed by atoms with Crippen LogP contribution in [0, 0.1) is 0 Å². The summed E-state index contributed by atoms with van der Waals surface area (Å²) in [5.74, 6) is 0.866. The predicted molar refractivity (Wildman–Crippen MR) is 117 cm³/mol. The Morgan fingerprint density at radius 3 is 2.13 bits per heavy atom. The lowest BCUT2D eigenvalue weighted by molar-refractivity contribution is -0.122. The van der Waals surface area contributed by atoms with E-state index in [0.717, 1.165) is 5.56 Å². The van der Waals surface area contributed by atoms with Gasteiger partial charge in [0, 0.05) is 11.4 Å². The fourth-order valence-electron chi connectivity index (χ4n) is 2.82. The molecule has 0 radical (unpaired) electrons. The highest BCUT2D eigenvalue weighted by Crippen LogP contribution is 2.19. The number of hydrogen-bond acceptors (Lipinski definition) is 4. The number of nitrogens with one attached hydrogen (secondary N) is 2. The average molecular weight is 404 g/mol. The van der Waals surface area contributed by atoms with E-state index in [9.17, 15) is 9.59 Å². The molecule has 30 heavy (non-hydrogen) atoms. The highest BCUT2D eigenvalue weighted by Gasteiger charge is 2.15. The van der Waals surface area contributed by atoms with E-state index in [1.807, 2.05) is 30.3 Å². The molecule has 0 saturated heterocycles. The van der Waals surface area contributed by atoms with Crippen LogP contribution in [-0.4, -0.2) is 25.0 Å². The summed E-state index contributed by atoms with van der Waals surface area (Å²) in [7, 11) is 1.59. The van der Waals surface area contributed by atoms with Crippen LogP contribution in [0.25, 0.3) is 0 Å². The first-order valence-electron chi connectivity index (χ1n) is 9.59. The van der Waals surface area contributed by atoms with Crippen LogP contribution in [-0.2, 0) is 16.0 Å². The lowest BCUT2D eigenvalue weighted by Gasteiger charge is -2.15. The number of hydrogen-bond donors (Lipinski definition) is 2. The number of benzene rings is 3. The summed E-state index contributed by atoms with van der Waals surface area (Å²) in [5.41, 5.74) is 2.11. The minimum atomic E-state index is -0.699. The quantitative estimate of drug-likeness (QED) is 0.587. The second-order valence-electron chi connectivity index (χ2n) is 6.72. The molecule has 3 aromatic carbocycles. The summed E-state index contributed by atoms with van der Waals surface area (Å²) in [6, 6.07) is 23.5. The van der Waals surface area contributed by atoms with Gasteiger partial charge in [0.25, 0.3) is 5.91 Å². The number of anilines is 2. The molecule has 6 nitrogen and oxygen atoms in total. The zero-order valence-corrected chi connectivity index (χ0v) is 16.9. The zero-order chi connectivity index (χ0) is 21.3. The van der Waals surface area contributed by atoms with E-state index in [0.29, 0.717) is 22.9 Å². The van der Waals surface area contributed by atoms with E-state index in [1.165, 1.54) is 0 Å². The third-order valence-electron chi connectivity index (χ3n) is 4.36. The van der Waals surface area contributed by atoms with Gasteiger partial charge in [-0.05, 0) is 55.0 Å². The van der Waals surface area contributed by atoms with Crippen LogP contribution in [0.2, 0.25) is 0 Å². The third-order valence-corrected chi connectivity index (χ3v) is 4.36. The fraction of sp³-hybridized carbons (Fsp3) is 0.167. The van der Waals surface area contributed by atoms with E-state index >= 15 is 0 Å². The zero-order valence-electron chi connectivity index (χ0n) is 16.9. The van der Waals surface area contributed by atoms with Gasteiger partial charge in [-0.1, -0.05) is 36.4 Å². The summed E-state index contributed by atoms with van der Waals surface area (Å²) in [4.78, 5) is 24.7. The molecule has 0 aliphatic heterocycles. The maximum absolute atomic E-state index is 12.5. The van der Waals surface area contributed by atoms with Crippen molar-refractivity contribution in [3.8, 4) is 11.5 Å². The lowest BCUT2D eigenvalue weighted by Crippen LogP contribution is -2.30. The minimum Gasteiger partial charge on any atom is -0.497 e. The normalized spacial score (nSPS) is 11.3. The first-order chi connectivity index (χ1) is 14.5. The second kappa shape index (κ2) is 10.1. The van der Waals surface area contributed by atoms with Gasteiger partial charge in [0.1, 0.15) is 11.5 Å². The maximum atomic E-state index is 12.5. The van der Waals surface area contributed by atoms with Crippen molar-refractivity contribution < 1.29 is 19.1 Å². The van der Waals surface area contributed by atoms with Gasteiger partial charge in [0.05, 0.1) is 13.5 Å². The van der Waals surface area contributed by atoms with Crippen molar-refractivity contribution in [2.24, 2.45) is 0 Å². The first kappa shape index (κ1) is 20.9. The molecule has 0 heterocycles. The summed E-state index contributed by atoms with van der Waals surface area (Å²) >= 11 is 0. The van der Waals surface area contributed by atoms with E-state index in [1.54, 1.807) is 62.6 Å². The van der Waals surface area contributed by atoms with Gasteiger partial charge in [-0.25, -0.2) is 0 Å². The van der Waals surface area contributed by atoms with Gasteiger partial charge >= 0.3 is 0 Å². The van der Waals surface area contributed by atoms with Crippen LogP contribution in [0.4, 0.5) is 11.4 Å². The molecule has 0 fully saturated rings. The van der Waals surface area contributed by atoms with Gasteiger partial charge < -0.3 is 20.1 Å². The number of ether oxygens (including phenoxy) is 2. The SMILES string of the molecule is COc1ccc(OC(C)C(=O)Nc2cccc(NC(=O)Cc3ccccc3)c2)cc1. The summed E-state index contributed by atoms with van der Waals surface area (Å²) in [5, 5.41) is 5.66. The molecule has 0 aliphatic rings. The lowest BCUT2D eigenvalue weighted by atomic mass is 10.1. The predicted octanol–water partition coefficient (Wildman–Crippen LogP) is 4.28. The van der Waals surface area contributed by atoms with Gasteiger partial charge in [0.2, 0.25) is 5.91 Å². The summed E-state index contributed by atoms with van der Waals surface area (Å²) < 4.78 is 10.8. The summed E-state index contributed by atoms with van der Waals surface area (Å²) in [6.45, 7) is 1.67. The number of carbonyl (C=O) groups excluding carboxylic acids is 2. The molecule has 1 atom stereocenters. The van der Waals surface area contributed by atoms with Crippen LogP contribution < -0.4 is 20.1 Å². The molecule has 0 saturated carbocycles. The molecule has 6 heteroatoms. The Labute approximate surface area is 175 Å². The fourth-order valence-corrected chi connectivity index (χ4v) is 2.82. The number of carbonyl (C=O) groups is 2. The topological polar surface area (TPSA) is 76.7 Å². The molecule has 3 rings (SSSR count). The molecule has 3 aromatic rings. The Kier molecular flexibility index (Phi) is 7.05.